The Morgan fingerprint density at radius 1 is 1.50 bits per heavy atom. The number of carbonyl (C=O) groups is 2. The summed E-state index contributed by atoms with van der Waals surface area (Å²) < 4.78 is 0. The van der Waals surface area contributed by atoms with Gasteiger partial charge < -0.3 is 10.2 Å². The van der Waals surface area contributed by atoms with Gasteiger partial charge in [-0.2, -0.15) is 12.6 Å². The van der Waals surface area contributed by atoms with Gasteiger partial charge in [-0.15, -0.1) is 0 Å². The number of hydrogen-bond acceptors (Lipinski definition) is 3. The van der Waals surface area contributed by atoms with Crippen LogP contribution in [-0.2, 0) is 4.79 Å². The summed E-state index contributed by atoms with van der Waals surface area (Å²) in [7, 11) is 1.23. The SMILES string of the molecule is CN(C(=O)O)[C@@H](CCS)C(=O)O. The van der Waals surface area contributed by atoms with Crippen LogP contribution in [0.4, 0.5) is 4.79 Å². The van der Waals surface area contributed by atoms with E-state index < -0.39 is 18.1 Å². The lowest BCUT2D eigenvalue weighted by Crippen LogP contribution is -2.41. The van der Waals surface area contributed by atoms with Crippen LogP contribution < -0.4 is 0 Å². The van der Waals surface area contributed by atoms with E-state index in [-0.39, 0.29) is 6.42 Å². The Hall–Kier alpha value is -0.910. The highest BCUT2D eigenvalue weighted by Crippen LogP contribution is 2.03. The molecule has 12 heavy (non-hydrogen) atoms. The molecule has 0 saturated carbocycles. The number of hydrogen-bond donors (Lipinski definition) is 3. The maximum atomic E-state index is 10.5. The summed E-state index contributed by atoms with van der Waals surface area (Å²) in [6.45, 7) is 0. The van der Waals surface area contributed by atoms with E-state index in [0.29, 0.717) is 5.75 Å². The number of carboxylic acids is 1. The Labute approximate surface area is 75.4 Å². The zero-order chi connectivity index (χ0) is 9.72. The monoisotopic (exact) mass is 193 g/mol. The van der Waals surface area contributed by atoms with Crippen LogP contribution in [0.3, 0.4) is 0 Å². The van der Waals surface area contributed by atoms with E-state index in [9.17, 15) is 9.59 Å². The second-order valence-corrected chi connectivity index (χ2v) is 2.71. The lowest BCUT2D eigenvalue weighted by Gasteiger charge is -2.20. The molecule has 0 radical (unpaired) electrons. The molecule has 0 aromatic rings. The molecule has 70 valence electrons. The van der Waals surface area contributed by atoms with Gasteiger partial charge in [-0.25, -0.2) is 9.59 Å². The molecule has 0 aromatic carbocycles. The molecule has 0 bridgehead atoms. The molecule has 0 rings (SSSR count). The van der Waals surface area contributed by atoms with E-state index >= 15 is 0 Å². The second-order valence-electron chi connectivity index (χ2n) is 2.26. The third-order valence-electron chi connectivity index (χ3n) is 1.46. The lowest BCUT2D eigenvalue weighted by atomic mass is 10.2. The first-order chi connectivity index (χ1) is 5.50. The number of likely N-dealkylation sites (N-methyl/N-ethyl adjacent to an activating group) is 1. The average molecular weight is 193 g/mol. The minimum Gasteiger partial charge on any atom is -0.480 e. The quantitative estimate of drug-likeness (QED) is 0.564. The van der Waals surface area contributed by atoms with Crippen molar-refractivity contribution in [3.05, 3.63) is 0 Å². The largest absolute Gasteiger partial charge is 0.480 e. The van der Waals surface area contributed by atoms with Crippen LogP contribution in [0.25, 0.3) is 0 Å². The van der Waals surface area contributed by atoms with E-state index in [0.717, 1.165) is 4.90 Å². The van der Waals surface area contributed by atoms with Gasteiger partial charge in [-0.3, -0.25) is 4.90 Å². The highest BCUT2D eigenvalue weighted by molar-refractivity contribution is 7.80. The zero-order valence-corrected chi connectivity index (χ0v) is 7.49. The molecule has 0 saturated heterocycles. The first-order valence-corrected chi connectivity index (χ1v) is 3.93. The van der Waals surface area contributed by atoms with Crippen molar-refractivity contribution in [3.63, 3.8) is 0 Å². The average Bonchev–Trinajstić information content (AvgIpc) is 1.98. The number of thiol groups is 1. The molecule has 0 heterocycles. The fourth-order valence-corrected chi connectivity index (χ4v) is 0.983. The van der Waals surface area contributed by atoms with Crippen molar-refractivity contribution in [2.24, 2.45) is 0 Å². The molecule has 0 spiro atoms. The van der Waals surface area contributed by atoms with Gasteiger partial charge >= 0.3 is 12.1 Å². The lowest BCUT2D eigenvalue weighted by molar-refractivity contribution is -0.142. The number of rotatable bonds is 4. The maximum Gasteiger partial charge on any atom is 0.407 e. The van der Waals surface area contributed by atoms with Crippen molar-refractivity contribution in [2.45, 2.75) is 12.5 Å². The highest BCUT2D eigenvalue weighted by Gasteiger charge is 2.24. The van der Waals surface area contributed by atoms with Crippen molar-refractivity contribution in [1.29, 1.82) is 0 Å². The van der Waals surface area contributed by atoms with Gasteiger partial charge in [0.05, 0.1) is 0 Å². The van der Waals surface area contributed by atoms with Gasteiger partial charge in [0.2, 0.25) is 0 Å². The molecular formula is C6H11NO4S. The van der Waals surface area contributed by atoms with Crippen LogP contribution in [-0.4, -0.2) is 46.0 Å². The number of nitrogens with zero attached hydrogens (tertiary/aromatic N) is 1. The fraction of sp³-hybridized carbons (Fsp3) is 0.667. The van der Waals surface area contributed by atoms with Crippen molar-refractivity contribution >= 4 is 24.7 Å². The maximum absolute atomic E-state index is 10.5. The third-order valence-corrected chi connectivity index (χ3v) is 1.72. The predicted molar refractivity (Wildman–Crippen MR) is 45.7 cm³/mol. The van der Waals surface area contributed by atoms with E-state index in [1.54, 1.807) is 0 Å². The topological polar surface area (TPSA) is 77.8 Å². The molecule has 0 unspecified atom stereocenters. The number of amides is 1. The Balaban J connectivity index is 4.28. The Kier molecular flexibility index (Phi) is 4.50. The van der Waals surface area contributed by atoms with Crippen molar-refractivity contribution in [3.8, 4) is 0 Å². The molecule has 1 atom stereocenters. The molecule has 0 aliphatic rings. The summed E-state index contributed by atoms with van der Waals surface area (Å²) in [6.07, 6.45) is -1.04. The molecule has 6 heteroatoms. The predicted octanol–water partition coefficient (Wildman–Crippen LogP) is 0.369. The number of aliphatic carboxylic acids is 1. The molecule has 5 nitrogen and oxygen atoms in total. The van der Waals surface area contributed by atoms with Gasteiger partial charge in [0.15, 0.2) is 0 Å². The second kappa shape index (κ2) is 4.87. The Bertz CT molecular complexity index is 184. The first kappa shape index (κ1) is 11.1. The van der Waals surface area contributed by atoms with E-state index in [1.807, 2.05) is 0 Å². The summed E-state index contributed by atoms with van der Waals surface area (Å²) in [5.74, 6) is -0.803. The Morgan fingerprint density at radius 3 is 2.25 bits per heavy atom. The van der Waals surface area contributed by atoms with Gasteiger partial charge in [0.1, 0.15) is 6.04 Å². The van der Waals surface area contributed by atoms with E-state index in [4.69, 9.17) is 10.2 Å². The zero-order valence-electron chi connectivity index (χ0n) is 6.60. The number of carboxylic acid groups (broad SMARTS) is 2. The summed E-state index contributed by atoms with van der Waals surface area (Å²) in [5.41, 5.74) is 0. The molecular weight excluding hydrogens is 182 g/mol. The molecule has 0 aliphatic carbocycles. The summed E-state index contributed by atoms with van der Waals surface area (Å²) >= 11 is 3.83. The summed E-state index contributed by atoms with van der Waals surface area (Å²) in [5, 5.41) is 17.1. The van der Waals surface area contributed by atoms with Gasteiger partial charge in [-0.1, -0.05) is 0 Å². The normalized spacial score (nSPS) is 12.2. The van der Waals surface area contributed by atoms with Crippen LogP contribution in [0.5, 0.6) is 0 Å². The third kappa shape index (κ3) is 3.00. The molecule has 0 fully saturated rings. The van der Waals surface area contributed by atoms with Gasteiger partial charge in [0, 0.05) is 7.05 Å². The van der Waals surface area contributed by atoms with Crippen molar-refractivity contribution in [2.75, 3.05) is 12.8 Å². The molecule has 0 aliphatic heterocycles. The van der Waals surface area contributed by atoms with Crippen LogP contribution in [0.2, 0.25) is 0 Å². The smallest absolute Gasteiger partial charge is 0.407 e. The van der Waals surface area contributed by atoms with Gasteiger partial charge in [-0.05, 0) is 12.2 Å². The van der Waals surface area contributed by atoms with Crippen LogP contribution >= 0.6 is 12.6 Å². The van der Waals surface area contributed by atoms with E-state index in [1.165, 1.54) is 7.05 Å². The molecule has 0 aromatic heterocycles. The first-order valence-electron chi connectivity index (χ1n) is 3.30. The minimum absolute atomic E-state index is 0.210. The van der Waals surface area contributed by atoms with Crippen molar-refractivity contribution < 1.29 is 19.8 Å². The summed E-state index contributed by atoms with van der Waals surface area (Å²) in [4.78, 5) is 21.6. The molecule has 2 N–H and O–H groups in total. The van der Waals surface area contributed by atoms with E-state index in [2.05, 4.69) is 12.6 Å². The standard InChI is InChI=1S/C6H11NO4S/c1-7(6(10)11)4(2-3-12)5(8)9/h4,12H,2-3H2,1H3,(H,8,9)(H,10,11)/t4-/m0/s1. The summed E-state index contributed by atoms with van der Waals surface area (Å²) in [6, 6.07) is -1.00. The fourth-order valence-electron chi connectivity index (χ4n) is 0.738. The highest BCUT2D eigenvalue weighted by atomic mass is 32.1. The van der Waals surface area contributed by atoms with Crippen LogP contribution in [0, 0.1) is 0 Å². The minimum atomic E-state index is -1.25. The van der Waals surface area contributed by atoms with Gasteiger partial charge in [0.25, 0.3) is 0 Å². The Morgan fingerprint density at radius 2 is 2.00 bits per heavy atom. The van der Waals surface area contributed by atoms with Crippen molar-refractivity contribution in [1.82, 2.24) is 4.90 Å². The van der Waals surface area contributed by atoms with Crippen LogP contribution in [0.15, 0.2) is 0 Å². The molecule has 1 amide bonds. The van der Waals surface area contributed by atoms with Crippen LogP contribution in [0.1, 0.15) is 6.42 Å².